The van der Waals surface area contributed by atoms with Crippen molar-refractivity contribution in [1.29, 1.82) is 0 Å². The summed E-state index contributed by atoms with van der Waals surface area (Å²) in [6, 6.07) is 9.90. The molecule has 4 heteroatoms. The topological polar surface area (TPSA) is 46.6 Å². The van der Waals surface area contributed by atoms with Gasteiger partial charge in [-0.25, -0.2) is 0 Å². The summed E-state index contributed by atoms with van der Waals surface area (Å²) in [5.41, 5.74) is 1.10. The Labute approximate surface area is 129 Å². The highest BCUT2D eigenvalue weighted by molar-refractivity contribution is 6.06. The van der Waals surface area contributed by atoms with Gasteiger partial charge in [-0.05, 0) is 23.8 Å². The molecule has 1 heterocycles. The largest absolute Gasteiger partial charge is 0.375 e. The first kappa shape index (κ1) is 13.7. The first-order chi connectivity index (χ1) is 10.8. The van der Waals surface area contributed by atoms with Crippen LogP contribution in [0.5, 0.6) is 0 Å². The molecule has 0 aromatic heterocycles. The monoisotopic (exact) mass is 297 g/mol. The Kier molecular flexibility index (Phi) is 3.34. The van der Waals surface area contributed by atoms with Crippen molar-refractivity contribution in [3.05, 3.63) is 48.0 Å². The average Bonchev–Trinajstić information content (AvgIpc) is 3.21. The molecule has 1 saturated heterocycles. The number of amides is 2. The Balaban J connectivity index is 1.33. The van der Waals surface area contributed by atoms with Gasteiger partial charge in [0.1, 0.15) is 0 Å². The summed E-state index contributed by atoms with van der Waals surface area (Å²) in [7, 11) is 0. The third kappa shape index (κ3) is 2.10. The zero-order chi connectivity index (χ0) is 15.1. The minimum absolute atomic E-state index is 0.00941. The van der Waals surface area contributed by atoms with Crippen molar-refractivity contribution >= 4 is 11.8 Å². The van der Waals surface area contributed by atoms with Crippen molar-refractivity contribution in [3.8, 4) is 0 Å². The van der Waals surface area contributed by atoms with Gasteiger partial charge in [-0.2, -0.15) is 0 Å². The van der Waals surface area contributed by atoms with Gasteiger partial charge < -0.3 is 4.74 Å². The number of ether oxygens (including phenoxy) is 1. The summed E-state index contributed by atoms with van der Waals surface area (Å²) < 4.78 is 5.61. The molecule has 22 heavy (non-hydrogen) atoms. The first-order valence-electron chi connectivity index (χ1n) is 7.91. The number of benzene rings is 1. The molecule has 1 aromatic carbocycles. The van der Waals surface area contributed by atoms with Crippen LogP contribution >= 0.6 is 0 Å². The zero-order valence-electron chi connectivity index (χ0n) is 12.4. The van der Waals surface area contributed by atoms with Gasteiger partial charge >= 0.3 is 0 Å². The highest BCUT2D eigenvalue weighted by Crippen LogP contribution is 2.52. The second-order valence-electron chi connectivity index (χ2n) is 6.37. The van der Waals surface area contributed by atoms with Gasteiger partial charge in [-0.15, -0.1) is 0 Å². The van der Waals surface area contributed by atoms with E-state index in [0.29, 0.717) is 19.8 Å². The fraction of sp³-hybridized carbons (Fsp3) is 0.444. The van der Waals surface area contributed by atoms with Crippen molar-refractivity contribution in [2.45, 2.75) is 13.0 Å². The number of hydrogen-bond acceptors (Lipinski definition) is 3. The summed E-state index contributed by atoms with van der Waals surface area (Å²) in [5.74, 6) is 0.377. The molecular weight excluding hydrogens is 278 g/mol. The van der Waals surface area contributed by atoms with Crippen molar-refractivity contribution in [1.82, 2.24) is 4.90 Å². The lowest BCUT2D eigenvalue weighted by Gasteiger charge is -2.17. The lowest BCUT2D eigenvalue weighted by Crippen LogP contribution is -2.35. The fourth-order valence-corrected chi connectivity index (χ4v) is 4.10. The molecule has 1 aromatic rings. The van der Waals surface area contributed by atoms with E-state index in [4.69, 9.17) is 4.74 Å². The van der Waals surface area contributed by atoms with E-state index in [0.717, 1.165) is 12.0 Å². The van der Waals surface area contributed by atoms with E-state index in [9.17, 15) is 9.59 Å². The summed E-state index contributed by atoms with van der Waals surface area (Å²) in [4.78, 5) is 26.4. The van der Waals surface area contributed by atoms with Crippen LogP contribution in [0.1, 0.15) is 12.0 Å². The van der Waals surface area contributed by atoms with Crippen molar-refractivity contribution in [3.63, 3.8) is 0 Å². The summed E-state index contributed by atoms with van der Waals surface area (Å²) >= 11 is 0. The van der Waals surface area contributed by atoms with Crippen LogP contribution in [0.15, 0.2) is 42.5 Å². The molecule has 2 amide bonds. The van der Waals surface area contributed by atoms with E-state index in [1.807, 2.05) is 30.3 Å². The van der Waals surface area contributed by atoms with Gasteiger partial charge in [-0.1, -0.05) is 42.5 Å². The maximum atomic E-state index is 12.5. The van der Waals surface area contributed by atoms with E-state index in [-0.39, 0.29) is 35.5 Å². The molecule has 0 radical (unpaired) electrons. The van der Waals surface area contributed by atoms with Gasteiger partial charge in [0.25, 0.3) is 0 Å². The van der Waals surface area contributed by atoms with E-state index >= 15 is 0 Å². The van der Waals surface area contributed by atoms with Crippen LogP contribution in [-0.4, -0.2) is 29.9 Å². The minimum atomic E-state index is -0.100. The lowest BCUT2D eigenvalue weighted by atomic mass is 9.85. The normalized spacial score (nSPS) is 32.1. The highest BCUT2D eigenvalue weighted by atomic mass is 16.5. The van der Waals surface area contributed by atoms with Crippen LogP contribution in [-0.2, 0) is 20.9 Å². The molecule has 0 spiro atoms. The Morgan fingerprint density at radius 3 is 2.27 bits per heavy atom. The predicted octanol–water partition coefficient (Wildman–Crippen LogP) is 2.01. The van der Waals surface area contributed by atoms with E-state index < -0.39 is 0 Å². The second kappa shape index (κ2) is 5.36. The van der Waals surface area contributed by atoms with Gasteiger partial charge in [0.2, 0.25) is 11.8 Å². The Morgan fingerprint density at radius 2 is 1.64 bits per heavy atom. The first-order valence-corrected chi connectivity index (χ1v) is 7.91. The van der Waals surface area contributed by atoms with Crippen LogP contribution < -0.4 is 0 Å². The molecule has 2 fully saturated rings. The van der Waals surface area contributed by atoms with Crippen LogP contribution in [0.25, 0.3) is 0 Å². The molecule has 2 bridgehead atoms. The van der Waals surface area contributed by atoms with Crippen molar-refractivity contribution in [2.75, 3.05) is 13.2 Å². The van der Waals surface area contributed by atoms with Gasteiger partial charge in [0, 0.05) is 0 Å². The van der Waals surface area contributed by atoms with E-state index in [1.54, 1.807) is 0 Å². The molecule has 4 atom stereocenters. The number of rotatable bonds is 5. The minimum Gasteiger partial charge on any atom is -0.375 e. The quantitative estimate of drug-likeness (QED) is 0.474. The summed E-state index contributed by atoms with van der Waals surface area (Å²) in [6.45, 7) is 1.28. The van der Waals surface area contributed by atoms with Crippen LogP contribution in [0.3, 0.4) is 0 Å². The second-order valence-corrected chi connectivity index (χ2v) is 6.37. The summed E-state index contributed by atoms with van der Waals surface area (Å²) in [6.07, 6.45) is 5.21. The highest BCUT2D eigenvalue weighted by Gasteiger charge is 2.58. The molecule has 2 aliphatic carbocycles. The Hall–Kier alpha value is -1.94. The molecule has 0 unspecified atom stereocenters. The number of likely N-dealkylation sites (tertiary alicyclic amines) is 1. The van der Waals surface area contributed by atoms with Crippen LogP contribution in [0.4, 0.5) is 0 Å². The number of hydrogen-bond donors (Lipinski definition) is 0. The number of nitrogens with zero attached hydrogens (tertiary/aromatic N) is 1. The van der Waals surface area contributed by atoms with Gasteiger partial charge in [0.15, 0.2) is 0 Å². The number of imide groups is 1. The average molecular weight is 297 g/mol. The Bertz CT molecular complexity index is 594. The SMILES string of the molecule is O=C1[C@@H]2[C@H](C(=O)N1CCOCc1ccccc1)[C@H]1C=C[C@H]2C1. The molecular formula is C18H19NO3. The number of allylic oxidation sites excluding steroid dienone is 2. The predicted molar refractivity (Wildman–Crippen MR) is 80.5 cm³/mol. The standard InChI is InChI=1S/C18H19NO3/c20-17-15-13-6-7-14(10-13)16(15)18(21)19(17)8-9-22-11-12-4-2-1-3-5-12/h1-7,13-16H,8-11H2/t13-,14-,15-,16+/m0/s1. The van der Waals surface area contributed by atoms with Crippen LogP contribution in [0.2, 0.25) is 0 Å². The smallest absolute Gasteiger partial charge is 0.233 e. The van der Waals surface area contributed by atoms with Crippen molar-refractivity contribution < 1.29 is 14.3 Å². The number of carbonyl (C=O) groups is 2. The molecule has 1 aliphatic heterocycles. The summed E-state index contributed by atoms with van der Waals surface area (Å²) in [5, 5.41) is 0. The fourth-order valence-electron chi connectivity index (χ4n) is 4.10. The number of carbonyl (C=O) groups excluding carboxylic acids is 2. The third-order valence-electron chi connectivity index (χ3n) is 5.13. The maximum Gasteiger partial charge on any atom is 0.233 e. The zero-order valence-corrected chi connectivity index (χ0v) is 12.4. The van der Waals surface area contributed by atoms with E-state index in [2.05, 4.69) is 12.2 Å². The molecule has 4 nitrogen and oxygen atoms in total. The maximum absolute atomic E-state index is 12.5. The van der Waals surface area contributed by atoms with E-state index in [1.165, 1.54) is 4.90 Å². The Morgan fingerprint density at radius 1 is 1.00 bits per heavy atom. The molecule has 3 aliphatic rings. The third-order valence-corrected chi connectivity index (χ3v) is 5.13. The van der Waals surface area contributed by atoms with Crippen LogP contribution in [0, 0.1) is 23.7 Å². The molecule has 1 saturated carbocycles. The van der Waals surface area contributed by atoms with Crippen molar-refractivity contribution in [2.24, 2.45) is 23.7 Å². The molecule has 114 valence electrons. The number of fused-ring (bicyclic) bond motifs is 5. The lowest BCUT2D eigenvalue weighted by molar-refractivity contribution is -0.141. The van der Waals surface area contributed by atoms with Gasteiger partial charge in [0.05, 0.1) is 31.6 Å². The molecule has 4 rings (SSSR count). The van der Waals surface area contributed by atoms with Gasteiger partial charge in [-0.3, -0.25) is 14.5 Å². The molecule has 0 N–H and O–H groups in total.